The van der Waals surface area contributed by atoms with Gasteiger partial charge in [0.1, 0.15) is 18.2 Å². The van der Waals surface area contributed by atoms with Gasteiger partial charge in [-0.1, -0.05) is 24.3 Å². The zero-order valence-corrected chi connectivity index (χ0v) is 19.2. The maximum atomic E-state index is 13.0. The van der Waals surface area contributed by atoms with Crippen molar-refractivity contribution in [3.05, 3.63) is 65.5 Å². The van der Waals surface area contributed by atoms with Crippen LogP contribution in [0.3, 0.4) is 0 Å². The molecule has 180 valence electrons. The van der Waals surface area contributed by atoms with Crippen molar-refractivity contribution in [3.8, 4) is 5.75 Å². The fourth-order valence-electron chi connectivity index (χ4n) is 3.26. The Bertz CT molecular complexity index is 856. The number of rotatable bonds is 14. The van der Waals surface area contributed by atoms with Crippen LogP contribution < -0.4 is 4.74 Å². The standard InChI is InChI=1S/C25H32FNO6/c1-3-31-23(24(28)29)18-20-9-13-22(14-10-20)33-17-16-27(25(30)32-4-2)15-5-6-19-7-11-21(26)12-8-19/h7-14,23H,3-6,15-18H2,1-2H3,(H,28,29). The number of carboxylic acids is 1. The van der Waals surface area contributed by atoms with E-state index < -0.39 is 18.2 Å². The third-order valence-corrected chi connectivity index (χ3v) is 4.95. The maximum absolute atomic E-state index is 13.0. The van der Waals surface area contributed by atoms with Gasteiger partial charge in [-0.2, -0.15) is 0 Å². The van der Waals surface area contributed by atoms with Crippen molar-refractivity contribution in [2.24, 2.45) is 0 Å². The van der Waals surface area contributed by atoms with E-state index >= 15 is 0 Å². The number of amides is 1. The maximum Gasteiger partial charge on any atom is 0.409 e. The van der Waals surface area contributed by atoms with Gasteiger partial charge in [-0.15, -0.1) is 0 Å². The van der Waals surface area contributed by atoms with E-state index in [-0.39, 0.29) is 25.5 Å². The number of hydrogen-bond donors (Lipinski definition) is 1. The molecular weight excluding hydrogens is 429 g/mol. The Hall–Kier alpha value is -3.13. The molecule has 1 unspecified atom stereocenters. The number of carbonyl (C=O) groups is 2. The lowest BCUT2D eigenvalue weighted by Gasteiger charge is -2.22. The minimum Gasteiger partial charge on any atom is -0.492 e. The smallest absolute Gasteiger partial charge is 0.409 e. The molecule has 0 saturated carbocycles. The predicted molar refractivity (Wildman–Crippen MR) is 122 cm³/mol. The van der Waals surface area contributed by atoms with E-state index in [0.717, 1.165) is 17.5 Å². The van der Waals surface area contributed by atoms with E-state index in [4.69, 9.17) is 14.2 Å². The molecule has 1 atom stereocenters. The van der Waals surface area contributed by atoms with Crippen LogP contribution in [0, 0.1) is 5.82 Å². The lowest BCUT2D eigenvalue weighted by Crippen LogP contribution is -2.36. The molecule has 0 aliphatic carbocycles. The Kier molecular flexibility index (Phi) is 11.2. The van der Waals surface area contributed by atoms with Gasteiger partial charge in [-0.25, -0.2) is 14.0 Å². The molecule has 7 nitrogen and oxygen atoms in total. The number of aryl methyl sites for hydroxylation is 1. The molecule has 2 aromatic rings. The molecule has 0 fully saturated rings. The Morgan fingerprint density at radius 2 is 1.64 bits per heavy atom. The molecule has 0 spiro atoms. The largest absolute Gasteiger partial charge is 0.492 e. The monoisotopic (exact) mass is 461 g/mol. The fraction of sp³-hybridized carbons (Fsp3) is 0.440. The van der Waals surface area contributed by atoms with Gasteiger partial charge in [0.15, 0.2) is 6.10 Å². The third-order valence-electron chi connectivity index (χ3n) is 4.95. The zero-order chi connectivity index (χ0) is 24.1. The van der Waals surface area contributed by atoms with Crippen molar-refractivity contribution in [2.45, 2.75) is 39.2 Å². The summed E-state index contributed by atoms with van der Waals surface area (Å²) in [5.41, 5.74) is 1.84. The molecule has 1 amide bonds. The molecule has 0 saturated heterocycles. The first-order valence-corrected chi connectivity index (χ1v) is 11.1. The minimum atomic E-state index is -0.990. The number of aliphatic carboxylic acids is 1. The summed E-state index contributed by atoms with van der Waals surface area (Å²) in [6.07, 6.45) is 0.427. The molecule has 0 aliphatic heterocycles. The van der Waals surface area contributed by atoms with Crippen LogP contribution in [0.1, 0.15) is 31.4 Å². The highest BCUT2D eigenvalue weighted by Gasteiger charge is 2.18. The lowest BCUT2D eigenvalue weighted by molar-refractivity contribution is -0.149. The van der Waals surface area contributed by atoms with E-state index in [1.807, 2.05) is 0 Å². The highest BCUT2D eigenvalue weighted by Crippen LogP contribution is 2.15. The van der Waals surface area contributed by atoms with E-state index in [2.05, 4.69) is 0 Å². The number of carbonyl (C=O) groups excluding carboxylic acids is 1. The normalized spacial score (nSPS) is 11.6. The van der Waals surface area contributed by atoms with E-state index in [9.17, 15) is 19.1 Å². The van der Waals surface area contributed by atoms with Gasteiger partial charge >= 0.3 is 12.1 Å². The Morgan fingerprint density at radius 3 is 2.24 bits per heavy atom. The van der Waals surface area contributed by atoms with Gasteiger partial charge in [-0.3, -0.25) is 0 Å². The number of carboxylic acid groups (broad SMARTS) is 1. The van der Waals surface area contributed by atoms with Crippen LogP contribution in [-0.4, -0.2) is 61.1 Å². The van der Waals surface area contributed by atoms with Crippen LogP contribution in [0.25, 0.3) is 0 Å². The highest BCUT2D eigenvalue weighted by atomic mass is 19.1. The first-order chi connectivity index (χ1) is 15.9. The minimum absolute atomic E-state index is 0.270. The molecule has 2 rings (SSSR count). The van der Waals surface area contributed by atoms with Crippen LogP contribution in [-0.2, 0) is 27.1 Å². The molecule has 2 aromatic carbocycles. The van der Waals surface area contributed by atoms with Crippen molar-refractivity contribution in [2.75, 3.05) is 32.9 Å². The summed E-state index contributed by atoms with van der Waals surface area (Å²) >= 11 is 0. The average molecular weight is 462 g/mol. The van der Waals surface area contributed by atoms with E-state index in [1.165, 1.54) is 12.1 Å². The number of benzene rings is 2. The van der Waals surface area contributed by atoms with Gasteiger partial charge in [0.2, 0.25) is 0 Å². The van der Waals surface area contributed by atoms with Gasteiger partial charge in [0.05, 0.1) is 13.2 Å². The summed E-state index contributed by atoms with van der Waals surface area (Å²) in [7, 11) is 0. The molecule has 1 N–H and O–H groups in total. The second-order valence-electron chi connectivity index (χ2n) is 7.39. The highest BCUT2D eigenvalue weighted by molar-refractivity contribution is 5.72. The first kappa shape index (κ1) is 26.1. The van der Waals surface area contributed by atoms with E-state index in [1.54, 1.807) is 55.1 Å². The number of halogens is 1. The SMILES string of the molecule is CCOC(=O)N(CCCc1ccc(F)cc1)CCOc1ccc(CC(OCC)C(=O)O)cc1. The quantitative estimate of drug-likeness (QED) is 0.451. The molecule has 0 aliphatic rings. The Labute approximate surface area is 194 Å². The molecule has 33 heavy (non-hydrogen) atoms. The van der Waals surface area contributed by atoms with Crippen LogP contribution in [0.5, 0.6) is 5.75 Å². The summed E-state index contributed by atoms with van der Waals surface area (Å²) in [4.78, 5) is 25.1. The van der Waals surface area contributed by atoms with Gasteiger partial charge in [0, 0.05) is 19.6 Å². The molecule has 0 heterocycles. The lowest BCUT2D eigenvalue weighted by atomic mass is 10.1. The average Bonchev–Trinajstić information content (AvgIpc) is 2.80. The van der Waals surface area contributed by atoms with Crippen LogP contribution in [0.4, 0.5) is 9.18 Å². The summed E-state index contributed by atoms with van der Waals surface area (Å²) in [5, 5.41) is 9.20. The van der Waals surface area contributed by atoms with Crippen molar-refractivity contribution < 1.29 is 33.3 Å². The Balaban J connectivity index is 1.83. The molecule has 0 radical (unpaired) electrons. The summed E-state index contributed by atoms with van der Waals surface area (Å²) in [6.45, 7) is 5.27. The van der Waals surface area contributed by atoms with Gasteiger partial charge in [-0.05, 0) is 62.1 Å². The topological polar surface area (TPSA) is 85.3 Å². The molecular formula is C25H32FNO6. The van der Waals surface area contributed by atoms with E-state index in [0.29, 0.717) is 31.9 Å². The summed E-state index contributed by atoms with van der Waals surface area (Å²) in [6, 6.07) is 13.5. The van der Waals surface area contributed by atoms with Crippen LogP contribution in [0.15, 0.2) is 48.5 Å². The van der Waals surface area contributed by atoms with Crippen LogP contribution in [0.2, 0.25) is 0 Å². The molecule has 0 aromatic heterocycles. The van der Waals surface area contributed by atoms with Crippen molar-refractivity contribution in [1.29, 1.82) is 0 Å². The van der Waals surface area contributed by atoms with Crippen molar-refractivity contribution >= 4 is 12.1 Å². The zero-order valence-electron chi connectivity index (χ0n) is 19.2. The number of hydrogen-bond acceptors (Lipinski definition) is 5. The van der Waals surface area contributed by atoms with Crippen LogP contribution >= 0.6 is 0 Å². The second-order valence-corrected chi connectivity index (χ2v) is 7.39. The summed E-state index contributed by atoms with van der Waals surface area (Å²) in [5.74, 6) is -0.638. The fourth-order valence-corrected chi connectivity index (χ4v) is 3.26. The number of ether oxygens (including phenoxy) is 3. The van der Waals surface area contributed by atoms with Crippen molar-refractivity contribution in [3.63, 3.8) is 0 Å². The number of nitrogens with zero attached hydrogens (tertiary/aromatic N) is 1. The third kappa shape index (κ3) is 9.49. The molecule has 8 heteroatoms. The molecule has 0 bridgehead atoms. The first-order valence-electron chi connectivity index (χ1n) is 11.1. The Morgan fingerprint density at radius 1 is 0.970 bits per heavy atom. The predicted octanol–water partition coefficient (Wildman–Crippen LogP) is 4.33. The second kappa shape index (κ2) is 14.1. The van der Waals surface area contributed by atoms with Gasteiger partial charge in [0.25, 0.3) is 0 Å². The summed E-state index contributed by atoms with van der Waals surface area (Å²) < 4.78 is 29.2. The van der Waals surface area contributed by atoms with Crippen molar-refractivity contribution in [1.82, 2.24) is 4.90 Å². The van der Waals surface area contributed by atoms with Gasteiger partial charge < -0.3 is 24.2 Å².